The summed E-state index contributed by atoms with van der Waals surface area (Å²) < 4.78 is 41.4. The van der Waals surface area contributed by atoms with Crippen molar-refractivity contribution in [3.63, 3.8) is 0 Å². The number of allylic oxidation sites excluding steroid dienone is 1. The molecular formula is C40H55NO18. The first kappa shape index (κ1) is 57.0. The van der Waals surface area contributed by atoms with Crippen molar-refractivity contribution in [3.05, 3.63) is 99.2 Å². The SMILES string of the molecule is C=C(C)C(=O)ONC1OC[C@@H](OC(=O)C(=C)C)[C@@H](OC(=O)C(=C)C)C1OC.C=C(C)C=O.C=CC(=O)O.C=CC(=O)OC[C@@H](CCOC(C)OC(=O)C=C)OC(=O)C=C. The molecule has 1 aliphatic rings. The zero-order valence-corrected chi connectivity index (χ0v) is 34.2. The van der Waals surface area contributed by atoms with E-state index in [1.165, 1.54) is 34.8 Å². The molecule has 3 unspecified atom stereocenters. The fraction of sp³-hybridized carbons (Fsp3) is 0.400. The highest BCUT2D eigenvalue weighted by molar-refractivity contribution is 5.88. The first-order chi connectivity index (χ1) is 27.5. The van der Waals surface area contributed by atoms with Crippen molar-refractivity contribution in [2.45, 2.75) is 78.0 Å². The van der Waals surface area contributed by atoms with Crippen LogP contribution in [0.2, 0.25) is 0 Å². The zero-order valence-electron chi connectivity index (χ0n) is 34.2. The lowest BCUT2D eigenvalue weighted by Gasteiger charge is -2.40. The normalized spacial score (nSPS) is 16.9. The quantitative estimate of drug-likeness (QED) is 0.0420. The highest BCUT2D eigenvalue weighted by atomic mass is 16.7. The van der Waals surface area contributed by atoms with Gasteiger partial charge in [0.05, 0.1) is 13.2 Å². The number of ether oxygens (including phenoxy) is 8. The van der Waals surface area contributed by atoms with Crippen molar-refractivity contribution in [1.29, 1.82) is 0 Å². The fourth-order valence-electron chi connectivity index (χ4n) is 3.27. The number of esters is 5. The number of aldehydes is 1. The van der Waals surface area contributed by atoms with Crippen molar-refractivity contribution in [1.82, 2.24) is 5.48 Å². The van der Waals surface area contributed by atoms with Gasteiger partial charge in [-0.2, -0.15) is 0 Å². The second kappa shape index (κ2) is 32.8. The van der Waals surface area contributed by atoms with Crippen molar-refractivity contribution in [3.8, 4) is 0 Å². The molecule has 328 valence electrons. The van der Waals surface area contributed by atoms with Gasteiger partial charge in [-0.05, 0) is 40.2 Å². The molecular weight excluding hydrogens is 782 g/mol. The van der Waals surface area contributed by atoms with Gasteiger partial charge < -0.3 is 47.8 Å². The molecule has 2 N–H and O–H groups in total. The van der Waals surface area contributed by atoms with Crippen LogP contribution in [0, 0.1) is 0 Å². The van der Waals surface area contributed by atoms with Gasteiger partial charge in [0.25, 0.3) is 0 Å². The van der Waals surface area contributed by atoms with Crippen molar-refractivity contribution in [2.75, 3.05) is 26.9 Å². The Morgan fingerprint density at radius 3 is 1.66 bits per heavy atom. The van der Waals surface area contributed by atoms with Crippen LogP contribution in [0.5, 0.6) is 0 Å². The average Bonchev–Trinajstić information content (AvgIpc) is 3.19. The van der Waals surface area contributed by atoms with Crippen LogP contribution < -0.4 is 5.48 Å². The van der Waals surface area contributed by atoms with E-state index in [0.29, 0.717) is 5.57 Å². The maximum atomic E-state index is 12.0. The molecule has 0 saturated carbocycles. The van der Waals surface area contributed by atoms with Crippen molar-refractivity contribution >= 4 is 48.1 Å². The van der Waals surface area contributed by atoms with Crippen molar-refractivity contribution in [2.24, 2.45) is 0 Å². The fourth-order valence-corrected chi connectivity index (χ4v) is 3.27. The Morgan fingerprint density at radius 1 is 0.763 bits per heavy atom. The van der Waals surface area contributed by atoms with Gasteiger partial charge in [0.1, 0.15) is 25.1 Å². The van der Waals surface area contributed by atoms with Crippen LogP contribution >= 0.6 is 0 Å². The molecule has 1 aliphatic heterocycles. The predicted molar refractivity (Wildman–Crippen MR) is 210 cm³/mol. The molecule has 0 aliphatic carbocycles. The third kappa shape index (κ3) is 28.7. The number of methoxy groups -OCH3 is 1. The molecule has 0 aromatic heterocycles. The minimum atomic E-state index is -1.04. The molecule has 0 bridgehead atoms. The minimum Gasteiger partial charge on any atom is -0.478 e. The van der Waals surface area contributed by atoms with Crippen molar-refractivity contribution < 1.29 is 86.2 Å². The number of rotatable bonds is 21. The van der Waals surface area contributed by atoms with Gasteiger partial charge in [0.2, 0.25) is 0 Å². The summed E-state index contributed by atoms with van der Waals surface area (Å²) in [6, 6.07) is 0. The topological polar surface area (TPSA) is 252 Å². The summed E-state index contributed by atoms with van der Waals surface area (Å²) in [4.78, 5) is 92.1. The third-order valence-electron chi connectivity index (χ3n) is 6.16. The molecule has 19 nitrogen and oxygen atoms in total. The highest BCUT2D eigenvalue weighted by Crippen LogP contribution is 2.24. The molecule has 1 fully saturated rings. The van der Waals surface area contributed by atoms with E-state index in [4.69, 9.17) is 47.8 Å². The van der Waals surface area contributed by atoms with E-state index in [2.05, 4.69) is 58.1 Å². The summed E-state index contributed by atoms with van der Waals surface area (Å²) in [5, 5.41) is 7.60. The standard InChI is InChI=1S/C18H25NO8.C15H20O7.C4H6O.C3H4O2/c1-9(2)16(20)25-12-8-24-15(19-27-18(22)11(5)6)14(23-7)13(12)26-17(21)10(3)4;1-5-13(16)20-10-12(22-15(18)7-3)8-9-19-11(4)21-14(17)6-2;1-4(2)3-5;1-2-3(4)5/h12-15,19H,1,3,5,8H2,2,4,6-7H3;5-7,11-12H,1-3,8-10H2,4H3;3H,1H2,2H3;2H,1H2,(H,4,5)/t12-,13-,14?,15?;11?,12-;;/m11../s1. The number of nitrogens with one attached hydrogen (secondary N) is 1. The Balaban J connectivity index is -0.000000873. The molecule has 59 heavy (non-hydrogen) atoms. The van der Waals surface area contributed by atoms with Crippen LogP contribution in [0.15, 0.2) is 99.2 Å². The largest absolute Gasteiger partial charge is 0.478 e. The van der Waals surface area contributed by atoms with E-state index in [0.717, 1.165) is 30.6 Å². The van der Waals surface area contributed by atoms with E-state index >= 15 is 0 Å². The number of carboxylic acids is 1. The summed E-state index contributed by atoms with van der Waals surface area (Å²) in [5.74, 6) is -4.93. The van der Waals surface area contributed by atoms with E-state index < -0.39 is 78.7 Å². The summed E-state index contributed by atoms with van der Waals surface area (Å²) >= 11 is 0. The van der Waals surface area contributed by atoms with E-state index in [1.54, 1.807) is 6.92 Å². The highest BCUT2D eigenvalue weighted by Gasteiger charge is 2.46. The number of aliphatic carboxylic acids is 1. The average molecular weight is 838 g/mol. The van der Waals surface area contributed by atoms with Crippen LogP contribution in [0.1, 0.15) is 41.0 Å². The summed E-state index contributed by atoms with van der Waals surface area (Å²) in [6.07, 6.45) is -0.632. The lowest BCUT2D eigenvalue weighted by molar-refractivity contribution is -0.243. The molecule has 0 aromatic rings. The zero-order chi connectivity index (χ0) is 46.2. The first-order valence-corrected chi connectivity index (χ1v) is 17.1. The van der Waals surface area contributed by atoms with Crippen LogP contribution in [0.4, 0.5) is 0 Å². The maximum absolute atomic E-state index is 12.0. The molecule has 1 heterocycles. The molecule has 6 atom stereocenters. The Bertz CT molecular complexity index is 1530. The number of hydroxylamine groups is 1. The van der Waals surface area contributed by atoms with Gasteiger partial charge in [0.15, 0.2) is 24.7 Å². The number of hydrogen-bond acceptors (Lipinski definition) is 18. The number of carbonyl (C=O) groups excluding carboxylic acids is 7. The Hall–Kier alpha value is -6.28. The molecule has 0 radical (unpaired) electrons. The van der Waals surface area contributed by atoms with Gasteiger partial charge in [-0.3, -0.25) is 4.79 Å². The monoisotopic (exact) mass is 837 g/mol. The summed E-state index contributed by atoms with van der Waals surface area (Å²) in [5.41, 5.74) is 3.47. The lowest BCUT2D eigenvalue weighted by Crippen LogP contribution is -2.61. The van der Waals surface area contributed by atoms with E-state index in [9.17, 15) is 38.4 Å². The van der Waals surface area contributed by atoms with Gasteiger partial charge in [-0.25, -0.2) is 33.6 Å². The number of carboxylic acid groups (broad SMARTS) is 1. The van der Waals surface area contributed by atoms with Gasteiger partial charge in [0, 0.05) is 54.6 Å². The second-order valence-electron chi connectivity index (χ2n) is 11.6. The van der Waals surface area contributed by atoms with E-state index in [-0.39, 0.29) is 43.0 Å². The number of carbonyl (C=O) groups is 8. The van der Waals surface area contributed by atoms with E-state index in [1.807, 2.05) is 0 Å². The summed E-state index contributed by atoms with van der Waals surface area (Å²) in [6.45, 7) is 34.0. The second-order valence-corrected chi connectivity index (χ2v) is 11.6. The number of hydrogen-bond donors (Lipinski definition) is 2. The van der Waals surface area contributed by atoms with Crippen LogP contribution in [-0.4, -0.2) is 117 Å². The summed E-state index contributed by atoms with van der Waals surface area (Å²) in [7, 11) is 1.34. The molecule has 0 aromatic carbocycles. The van der Waals surface area contributed by atoms with Gasteiger partial charge in [-0.15, -0.1) is 5.48 Å². The predicted octanol–water partition coefficient (Wildman–Crippen LogP) is 3.27. The van der Waals surface area contributed by atoms with Gasteiger partial charge in [-0.1, -0.05) is 52.6 Å². The molecule has 1 rings (SSSR count). The first-order valence-electron chi connectivity index (χ1n) is 17.1. The van der Waals surface area contributed by atoms with Crippen LogP contribution in [-0.2, 0) is 81.1 Å². The molecule has 0 spiro atoms. The maximum Gasteiger partial charge on any atom is 0.351 e. The third-order valence-corrected chi connectivity index (χ3v) is 6.16. The molecule has 1 saturated heterocycles. The molecule has 19 heteroatoms. The minimum absolute atomic E-state index is 0.117. The Labute approximate surface area is 343 Å². The van der Waals surface area contributed by atoms with Crippen LogP contribution in [0.25, 0.3) is 0 Å². The lowest BCUT2D eigenvalue weighted by atomic mass is 10.0. The van der Waals surface area contributed by atoms with Crippen LogP contribution in [0.3, 0.4) is 0 Å². The smallest absolute Gasteiger partial charge is 0.351 e. The Morgan fingerprint density at radius 2 is 1.24 bits per heavy atom. The van der Waals surface area contributed by atoms with Gasteiger partial charge >= 0.3 is 41.8 Å². The molecule has 0 amide bonds. The Kier molecular flexibility index (Phi) is 31.7.